The zero-order valence-corrected chi connectivity index (χ0v) is 21.3. The zero-order chi connectivity index (χ0) is 28.4. The number of aliphatic hydroxyl groups excluding tert-OH is 3. The lowest BCUT2D eigenvalue weighted by molar-refractivity contribution is -0.273. The van der Waals surface area contributed by atoms with Crippen LogP contribution in [0.25, 0.3) is 10.8 Å². The Morgan fingerprint density at radius 2 is 1.92 bits per heavy atom. The van der Waals surface area contributed by atoms with E-state index < -0.39 is 71.4 Å². The topological polar surface area (TPSA) is 191 Å². The molecule has 1 aliphatic heterocycles. The van der Waals surface area contributed by atoms with Crippen molar-refractivity contribution in [1.29, 1.82) is 0 Å². The molecule has 7 atom stereocenters. The third-order valence-corrected chi connectivity index (χ3v) is 8.35. The van der Waals surface area contributed by atoms with Crippen LogP contribution in [0.5, 0.6) is 11.5 Å². The fourth-order valence-electron chi connectivity index (χ4n) is 6.15. The summed E-state index contributed by atoms with van der Waals surface area (Å²) in [6.45, 7) is 1.68. The number of aliphatic hydroxyl groups is 4. The van der Waals surface area contributed by atoms with Gasteiger partial charge in [-0.2, -0.15) is 0 Å². The molecule has 0 bridgehead atoms. The van der Waals surface area contributed by atoms with E-state index >= 15 is 0 Å². The predicted octanol–water partition coefficient (Wildman–Crippen LogP) is 0.430. The molecule has 39 heavy (non-hydrogen) atoms. The first-order valence-corrected chi connectivity index (χ1v) is 12.7. The summed E-state index contributed by atoms with van der Waals surface area (Å²) in [5, 5.41) is 64.0. The molecular weight excluding hydrogens is 512 g/mol. The molecule has 2 aromatic rings. The average Bonchev–Trinajstić information content (AvgIpc) is 2.89. The molecule has 0 aromatic heterocycles. The molecule has 0 radical (unpaired) electrons. The molecule has 1 unspecified atom stereocenters. The number of rotatable bonds is 5. The first kappa shape index (κ1) is 27.4. The average molecular weight is 543 g/mol. The summed E-state index contributed by atoms with van der Waals surface area (Å²) in [5.74, 6) is -4.12. The highest BCUT2D eigenvalue weighted by Gasteiger charge is 2.60. The van der Waals surface area contributed by atoms with Gasteiger partial charge in [-0.15, -0.1) is 0 Å². The van der Waals surface area contributed by atoms with Crippen molar-refractivity contribution >= 4 is 28.1 Å². The van der Waals surface area contributed by atoms with E-state index in [0.29, 0.717) is 10.9 Å². The quantitative estimate of drug-likeness (QED) is 0.307. The Balaban J connectivity index is 1.65. The highest BCUT2D eigenvalue weighted by molar-refractivity contribution is 6.14. The summed E-state index contributed by atoms with van der Waals surface area (Å²) in [4.78, 5) is 38.9. The number of aromatic hydroxyl groups is 2. The minimum atomic E-state index is -2.08. The number of hydrogen-bond donors (Lipinski definition) is 6. The maximum Gasteiger partial charge on any atom is 0.203 e. The van der Waals surface area contributed by atoms with E-state index in [-0.39, 0.29) is 41.5 Å². The van der Waals surface area contributed by atoms with Crippen molar-refractivity contribution in [2.45, 2.75) is 68.9 Å². The molecule has 11 heteroatoms. The second-order valence-corrected chi connectivity index (χ2v) is 10.5. The Morgan fingerprint density at radius 1 is 1.21 bits per heavy atom. The number of hydrogen-bond acceptors (Lipinski definition) is 11. The van der Waals surface area contributed by atoms with Gasteiger partial charge in [-0.1, -0.05) is 18.2 Å². The van der Waals surface area contributed by atoms with Gasteiger partial charge in [0.05, 0.1) is 23.2 Å². The number of ketones is 3. The summed E-state index contributed by atoms with van der Waals surface area (Å²) in [7, 11) is 0. The molecular formula is C28H30O11. The number of phenolic OH excluding ortho intramolecular Hbond substituents is 2. The van der Waals surface area contributed by atoms with Crippen LogP contribution in [0.2, 0.25) is 0 Å². The second kappa shape index (κ2) is 9.47. The van der Waals surface area contributed by atoms with Gasteiger partial charge in [-0.05, 0) is 49.8 Å². The van der Waals surface area contributed by atoms with E-state index in [0.717, 1.165) is 6.08 Å². The number of benzene rings is 2. The number of ether oxygens (including phenoxy) is 2. The smallest absolute Gasteiger partial charge is 0.203 e. The molecule has 1 fully saturated rings. The summed E-state index contributed by atoms with van der Waals surface area (Å²) in [5.41, 5.74) is -4.13. The van der Waals surface area contributed by atoms with Crippen LogP contribution in [0.1, 0.15) is 42.6 Å². The SMILES string of the molecule is CC(=O)C1=C[C@@]2(OC3CC[C@@](O)(C(=O)CO)[C@H](C)O3)C(=O)c3c(cc4cccc(O)c4c3O)C[C@@H]2[C@@H](O)[C@H]1O. The van der Waals surface area contributed by atoms with Crippen LogP contribution < -0.4 is 0 Å². The van der Waals surface area contributed by atoms with Crippen LogP contribution in [0.4, 0.5) is 0 Å². The Bertz CT molecular complexity index is 1410. The van der Waals surface area contributed by atoms with E-state index in [2.05, 4.69) is 0 Å². The molecule has 0 spiro atoms. The van der Waals surface area contributed by atoms with Crippen LogP contribution in [0.15, 0.2) is 35.9 Å². The van der Waals surface area contributed by atoms with E-state index in [1.165, 1.54) is 19.9 Å². The van der Waals surface area contributed by atoms with Crippen molar-refractivity contribution in [3.8, 4) is 11.5 Å². The first-order valence-electron chi connectivity index (χ1n) is 12.7. The monoisotopic (exact) mass is 542 g/mol. The standard InChI is InChI=1S/C28H30O11/c1-12(30)16-10-28(39-20-6-7-27(37,13(2)38-20)19(32)11-29)17(24(34)23(16)33)9-15-8-14-4-3-5-18(31)21(14)25(35)22(15)26(28)36/h3-5,8,10,13,17,20,23-24,29,31,33-35,37H,6-7,9,11H2,1-2H3/t13-,17+,20?,23-,24+,27-,28-/m0/s1. The Labute approximate surface area is 222 Å². The van der Waals surface area contributed by atoms with Gasteiger partial charge >= 0.3 is 0 Å². The minimum Gasteiger partial charge on any atom is -0.507 e. The predicted molar refractivity (Wildman–Crippen MR) is 134 cm³/mol. The summed E-state index contributed by atoms with van der Waals surface area (Å²) < 4.78 is 12.0. The van der Waals surface area contributed by atoms with Gasteiger partial charge < -0.3 is 40.1 Å². The Hall–Kier alpha value is -3.19. The number of carbonyl (C=O) groups excluding carboxylic acids is 3. The highest BCUT2D eigenvalue weighted by Crippen LogP contribution is 2.50. The van der Waals surface area contributed by atoms with Gasteiger partial charge in [0.25, 0.3) is 0 Å². The molecule has 208 valence electrons. The minimum absolute atomic E-state index is 0.0421. The molecule has 5 rings (SSSR count). The largest absolute Gasteiger partial charge is 0.507 e. The summed E-state index contributed by atoms with van der Waals surface area (Å²) in [6.07, 6.45) is -4.70. The highest BCUT2D eigenvalue weighted by atomic mass is 16.7. The lowest BCUT2D eigenvalue weighted by Gasteiger charge is -2.50. The van der Waals surface area contributed by atoms with Crippen molar-refractivity contribution in [2.24, 2.45) is 5.92 Å². The Kier molecular flexibility index (Phi) is 6.65. The molecule has 3 aliphatic rings. The fourth-order valence-corrected chi connectivity index (χ4v) is 6.15. The molecule has 0 amide bonds. The van der Waals surface area contributed by atoms with E-state index in [1.807, 2.05) is 0 Å². The molecule has 1 saturated heterocycles. The second-order valence-electron chi connectivity index (χ2n) is 10.5. The van der Waals surface area contributed by atoms with Crippen molar-refractivity contribution in [3.63, 3.8) is 0 Å². The van der Waals surface area contributed by atoms with E-state index in [4.69, 9.17) is 9.47 Å². The lowest BCUT2D eigenvalue weighted by atomic mass is 9.63. The van der Waals surface area contributed by atoms with Crippen molar-refractivity contribution in [1.82, 2.24) is 0 Å². The van der Waals surface area contributed by atoms with Crippen molar-refractivity contribution < 1.29 is 54.5 Å². The molecule has 0 saturated carbocycles. The summed E-state index contributed by atoms with van der Waals surface area (Å²) in [6, 6.07) is 6.18. The third kappa shape index (κ3) is 4.00. The van der Waals surface area contributed by atoms with Crippen molar-refractivity contribution in [2.75, 3.05) is 6.61 Å². The van der Waals surface area contributed by atoms with Gasteiger partial charge in [0.15, 0.2) is 29.1 Å². The molecule has 1 heterocycles. The fraction of sp³-hybridized carbons (Fsp3) is 0.464. The van der Waals surface area contributed by atoms with Crippen LogP contribution in [0.3, 0.4) is 0 Å². The molecule has 11 nitrogen and oxygen atoms in total. The third-order valence-electron chi connectivity index (χ3n) is 8.35. The zero-order valence-electron chi connectivity index (χ0n) is 21.3. The van der Waals surface area contributed by atoms with Crippen LogP contribution in [-0.4, -0.2) is 90.4 Å². The molecule has 2 aliphatic carbocycles. The lowest BCUT2D eigenvalue weighted by Crippen LogP contribution is -2.63. The maximum absolute atomic E-state index is 14.3. The van der Waals surface area contributed by atoms with E-state index in [9.17, 15) is 45.0 Å². The number of fused-ring (bicyclic) bond motifs is 3. The number of carbonyl (C=O) groups is 3. The number of Topliss-reactive ketones (excluding diaryl/α,β-unsaturated/α-hetero) is 3. The van der Waals surface area contributed by atoms with Gasteiger partial charge in [-0.25, -0.2) is 0 Å². The van der Waals surface area contributed by atoms with Crippen LogP contribution >= 0.6 is 0 Å². The van der Waals surface area contributed by atoms with Crippen LogP contribution in [-0.2, 0) is 25.5 Å². The van der Waals surface area contributed by atoms with E-state index in [1.54, 1.807) is 18.2 Å². The normalized spacial score (nSPS) is 34.3. The summed E-state index contributed by atoms with van der Waals surface area (Å²) >= 11 is 0. The molecule has 6 N–H and O–H groups in total. The molecule has 2 aromatic carbocycles. The van der Waals surface area contributed by atoms with Gasteiger partial charge in [0.1, 0.15) is 24.2 Å². The first-order chi connectivity index (χ1) is 18.4. The van der Waals surface area contributed by atoms with Gasteiger partial charge in [0, 0.05) is 17.9 Å². The van der Waals surface area contributed by atoms with Crippen molar-refractivity contribution in [3.05, 3.63) is 47.0 Å². The van der Waals surface area contributed by atoms with Crippen LogP contribution in [0, 0.1) is 5.92 Å². The maximum atomic E-state index is 14.3. The van der Waals surface area contributed by atoms with Gasteiger partial charge in [0.2, 0.25) is 5.78 Å². The van der Waals surface area contributed by atoms with Gasteiger partial charge in [-0.3, -0.25) is 14.4 Å². The number of phenols is 2. The Morgan fingerprint density at radius 3 is 2.56 bits per heavy atom.